The molecule has 0 fully saturated rings. The number of methoxy groups -OCH3 is 1. The molecule has 118 valence electrons. The third-order valence-electron chi connectivity index (χ3n) is 2.67. The highest BCUT2D eigenvalue weighted by Crippen LogP contribution is 2.10. The first-order chi connectivity index (χ1) is 9.86. The first-order valence-corrected chi connectivity index (χ1v) is 7.89. The van der Waals surface area contributed by atoms with Crippen LogP contribution in [-0.2, 0) is 19.6 Å². The van der Waals surface area contributed by atoms with Gasteiger partial charge in [0.1, 0.15) is 5.82 Å². The normalized spacial score (nSPS) is 12.9. The summed E-state index contributed by atoms with van der Waals surface area (Å²) >= 11 is 0. The number of hydrogen-bond donors (Lipinski definition) is 2. The molecule has 0 aliphatic carbocycles. The van der Waals surface area contributed by atoms with Gasteiger partial charge < -0.3 is 10.1 Å². The van der Waals surface area contributed by atoms with Gasteiger partial charge >= 0.3 is 0 Å². The number of ether oxygens (including phenoxy) is 1. The summed E-state index contributed by atoms with van der Waals surface area (Å²) in [7, 11) is -2.30. The Hall–Kier alpha value is -1.51. The van der Waals surface area contributed by atoms with Crippen LogP contribution in [0.5, 0.6) is 0 Å². The molecule has 0 unspecified atom stereocenters. The highest BCUT2D eigenvalue weighted by Gasteiger charge is 2.21. The molecule has 8 heteroatoms. The molecule has 0 bridgehead atoms. The number of rotatable bonds is 8. The van der Waals surface area contributed by atoms with Crippen molar-refractivity contribution in [2.75, 3.05) is 20.3 Å². The smallest absolute Gasteiger partial charge is 0.241 e. The molecule has 0 spiro atoms. The maximum atomic E-state index is 12.8. The molecule has 1 rings (SSSR count). The van der Waals surface area contributed by atoms with Crippen LogP contribution in [0.4, 0.5) is 4.39 Å². The van der Waals surface area contributed by atoms with E-state index in [1.54, 1.807) is 7.11 Å². The Labute approximate surface area is 123 Å². The third-order valence-corrected chi connectivity index (χ3v) is 4.23. The summed E-state index contributed by atoms with van der Waals surface area (Å²) in [4.78, 5) is 11.6. The Morgan fingerprint density at radius 3 is 2.52 bits per heavy atom. The number of amides is 1. The van der Waals surface area contributed by atoms with Crippen LogP contribution in [0.1, 0.15) is 13.3 Å². The van der Waals surface area contributed by atoms with Crippen LogP contribution in [0.15, 0.2) is 29.2 Å². The fourth-order valence-corrected chi connectivity index (χ4v) is 2.75. The predicted octanol–water partition coefficient (Wildman–Crippen LogP) is 0.645. The quantitative estimate of drug-likeness (QED) is 0.689. The van der Waals surface area contributed by atoms with E-state index in [4.69, 9.17) is 4.74 Å². The molecule has 1 aromatic rings. The zero-order valence-corrected chi connectivity index (χ0v) is 12.7. The largest absolute Gasteiger partial charge is 0.385 e. The first-order valence-electron chi connectivity index (χ1n) is 6.41. The number of carbonyl (C=O) groups excluding carboxylic acids is 1. The van der Waals surface area contributed by atoms with Crippen LogP contribution < -0.4 is 10.0 Å². The van der Waals surface area contributed by atoms with Crippen molar-refractivity contribution in [1.82, 2.24) is 10.0 Å². The van der Waals surface area contributed by atoms with E-state index in [9.17, 15) is 17.6 Å². The zero-order valence-electron chi connectivity index (χ0n) is 11.9. The number of benzene rings is 1. The maximum absolute atomic E-state index is 12.8. The van der Waals surface area contributed by atoms with Gasteiger partial charge in [-0.1, -0.05) is 0 Å². The Morgan fingerprint density at radius 1 is 1.33 bits per heavy atom. The Kier molecular flexibility index (Phi) is 6.73. The number of carbonyl (C=O) groups is 1. The van der Waals surface area contributed by atoms with Crippen molar-refractivity contribution in [1.29, 1.82) is 0 Å². The van der Waals surface area contributed by atoms with Gasteiger partial charge in [-0.25, -0.2) is 12.8 Å². The second kappa shape index (κ2) is 8.06. The van der Waals surface area contributed by atoms with Gasteiger partial charge in [-0.05, 0) is 37.6 Å². The van der Waals surface area contributed by atoms with Crippen molar-refractivity contribution in [3.63, 3.8) is 0 Å². The molecule has 6 nitrogen and oxygen atoms in total. The predicted molar refractivity (Wildman–Crippen MR) is 75.7 cm³/mol. The van der Waals surface area contributed by atoms with Crippen LogP contribution in [-0.4, -0.2) is 40.6 Å². The highest BCUT2D eigenvalue weighted by atomic mass is 32.2. The molecule has 0 heterocycles. The van der Waals surface area contributed by atoms with Gasteiger partial charge in [-0.2, -0.15) is 4.72 Å². The maximum Gasteiger partial charge on any atom is 0.241 e. The second-order valence-electron chi connectivity index (χ2n) is 4.43. The van der Waals surface area contributed by atoms with Gasteiger partial charge in [0.25, 0.3) is 0 Å². The standard InChI is InChI=1S/C13H19FN2O4S/c1-10(13(17)15-8-3-9-20-2)16-21(18,19)12-6-4-11(14)5-7-12/h4-7,10,16H,3,8-9H2,1-2H3,(H,15,17)/t10-/m0/s1. The van der Waals surface area contributed by atoms with Gasteiger partial charge in [0.15, 0.2) is 0 Å². The van der Waals surface area contributed by atoms with Crippen LogP contribution in [0.2, 0.25) is 0 Å². The zero-order chi connectivity index (χ0) is 15.9. The Bertz CT molecular complexity index is 560. The lowest BCUT2D eigenvalue weighted by atomic mass is 10.3. The summed E-state index contributed by atoms with van der Waals surface area (Å²) in [6, 6.07) is 3.44. The molecule has 0 radical (unpaired) electrons. The molecule has 1 aromatic carbocycles. The van der Waals surface area contributed by atoms with Crippen molar-refractivity contribution in [3.05, 3.63) is 30.1 Å². The Balaban J connectivity index is 2.58. The SMILES string of the molecule is COCCCNC(=O)[C@H](C)NS(=O)(=O)c1ccc(F)cc1. The fraction of sp³-hybridized carbons (Fsp3) is 0.462. The summed E-state index contributed by atoms with van der Waals surface area (Å²) in [5, 5.41) is 2.59. The Morgan fingerprint density at radius 2 is 1.95 bits per heavy atom. The third kappa shape index (κ3) is 5.78. The van der Waals surface area contributed by atoms with Crippen LogP contribution >= 0.6 is 0 Å². The summed E-state index contributed by atoms with van der Waals surface area (Å²) in [5.41, 5.74) is 0. The molecule has 0 aliphatic rings. The lowest BCUT2D eigenvalue weighted by molar-refractivity contribution is -0.122. The van der Waals surface area contributed by atoms with Gasteiger partial charge in [-0.15, -0.1) is 0 Å². The summed E-state index contributed by atoms with van der Waals surface area (Å²) in [6.07, 6.45) is 0.639. The average Bonchev–Trinajstić information content (AvgIpc) is 2.43. The number of nitrogens with one attached hydrogen (secondary N) is 2. The van der Waals surface area contributed by atoms with Crippen molar-refractivity contribution < 1.29 is 22.3 Å². The van der Waals surface area contributed by atoms with E-state index in [1.807, 2.05) is 0 Å². The minimum absolute atomic E-state index is 0.0945. The molecular weight excluding hydrogens is 299 g/mol. The van der Waals surface area contributed by atoms with Crippen molar-refractivity contribution in [3.8, 4) is 0 Å². The lowest BCUT2D eigenvalue weighted by Gasteiger charge is -2.14. The van der Waals surface area contributed by atoms with Gasteiger partial charge in [0.05, 0.1) is 10.9 Å². The number of sulfonamides is 1. The second-order valence-corrected chi connectivity index (χ2v) is 6.15. The molecule has 0 saturated carbocycles. The molecule has 21 heavy (non-hydrogen) atoms. The number of hydrogen-bond acceptors (Lipinski definition) is 4. The van der Waals surface area contributed by atoms with Gasteiger partial charge in [-0.3, -0.25) is 4.79 Å². The van der Waals surface area contributed by atoms with E-state index in [-0.39, 0.29) is 4.90 Å². The molecule has 2 N–H and O–H groups in total. The van der Waals surface area contributed by atoms with Crippen molar-refractivity contribution in [2.45, 2.75) is 24.3 Å². The molecule has 1 amide bonds. The van der Waals surface area contributed by atoms with Crippen LogP contribution in [0, 0.1) is 5.82 Å². The average molecular weight is 318 g/mol. The fourth-order valence-electron chi connectivity index (χ4n) is 1.55. The number of halogens is 1. The first kappa shape index (κ1) is 17.5. The summed E-state index contributed by atoms with van der Waals surface area (Å²) in [5.74, 6) is -0.963. The van der Waals surface area contributed by atoms with E-state index in [0.717, 1.165) is 24.3 Å². The molecule has 1 atom stereocenters. The topological polar surface area (TPSA) is 84.5 Å². The van der Waals surface area contributed by atoms with Crippen molar-refractivity contribution >= 4 is 15.9 Å². The van der Waals surface area contributed by atoms with E-state index in [0.29, 0.717) is 19.6 Å². The lowest BCUT2D eigenvalue weighted by Crippen LogP contribution is -2.45. The van der Waals surface area contributed by atoms with Crippen LogP contribution in [0.3, 0.4) is 0 Å². The molecule has 0 aliphatic heterocycles. The molecule has 0 aromatic heterocycles. The van der Waals surface area contributed by atoms with Gasteiger partial charge in [0.2, 0.25) is 15.9 Å². The van der Waals surface area contributed by atoms with Crippen LogP contribution in [0.25, 0.3) is 0 Å². The van der Waals surface area contributed by atoms with E-state index >= 15 is 0 Å². The highest BCUT2D eigenvalue weighted by molar-refractivity contribution is 7.89. The van der Waals surface area contributed by atoms with Crippen molar-refractivity contribution in [2.24, 2.45) is 0 Å². The van der Waals surface area contributed by atoms with E-state index in [1.165, 1.54) is 6.92 Å². The minimum Gasteiger partial charge on any atom is -0.385 e. The summed E-state index contributed by atoms with van der Waals surface area (Å²) < 4.78 is 43.9. The molecule has 0 saturated heterocycles. The van der Waals surface area contributed by atoms with E-state index < -0.39 is 27.8 Å². The van der Waals surface area contributed by atoms with Gasteiger partial charge in [0, 0.05) is 20.3 Å². The minimum atomic E-state index is -3.86. The monoisotopic (exact) mass is 318 g/mol. The summed E-state index contributed by atoms with van der Waals surface area (Å²) in [6.45, 7) is 2.35. The molecular formula is C13H19FN2O4S. The van der Waals surface area contributed by atoms with E-state index in [2.05, 4.69) is 10.0 Å².